The van der Waals surface area contributed by atoms with E-state index in [4.69, 9.17) is 5.73 Å². The van der Waals surface area contributed by atoms with Gasteiger partial charge in [-0.15, -0.1) is 0 Å². The molecule has 0 spiro atoms. The third-order valence-electron chi connectivity index (χ3n) is 6.80. The molecule has 6 heteroatoms. The summed E-state index contributed by atoms with van der Waals surface area (Å²) >= 11 is 0. The first-order chi connectivity index (χ1) is 14.9. The van der Waals surface area contributed by atoms with E-state index in [0.717, 1.165) is 32.7 Å². The number of aliphatic hydroxyl groups is 1. The number of para-hydroxylation sites is 1. The van der Waals surface area contributed by atoms with Gasteiger partial charge in [-0.25, -0.2) is 0 Å². The number of benzene rings is 2. The van der Waals surface area contributed by atoms with Crippen LogP contribution < -0.4 is 10.6 Å². The van der Waals surface area contributed by atoms with Crippen molar-refractivity contribution in [1.29, 1.82) is 0 Å². The minimum absolute atomic E-state index is 0.307. The zero-order valence-corrected chi connectivity index (χ0v) is 18.4. The molecule has 166 valence electrons. The molecule has 2 aliphatic heterocycles. The van der Waals surface area contributed by atoms with Gasteiger partial charge in [-0.1, -0.05) is 48.5 Å². The number of anilines is 1. The Bertz CT molecular complexity index is 880. The number of piperidine rings is 1. The number of nitrogens with two attached hydrogens (primary N) is 1. The third kappa shape index (κ3) is 5.26. The average molecular weight is 423 g/mol. The first-order valence-electron chi connectivity index (χ1n) is 11.3. The monoisotopic (exact) mass is 422 g/mol. The highest BCUT2D eigenvalue weighted by atomic mass is 16.3. The molecule has 0 bridgehead atoms. The van der Waals surface area contributed by atoms with Crippen LogP contribution in [0.2, 0.25) is 0 Å². The van der Waals surface area contributed by atoms with Crippen LogP contribution in [0.1, 0.15) is 24.0 Å². The summed E-state index contributed by atoms with van der Waals surface area (Å²) in [6, 6.07) is 18.3. The average Bonchev–Trinajstić information content (AvgIpc) is 2.76. The van der Waals surface area contributed by atoms with Gasteiger partial charge in [0, 0.05) is 51.5 Å². The maximum atomic E-state index is 12.2. The molecular weight excluding hydrogens is 388 g/mol. The van der Waals surface area contributed by atoms with Crippen LogP contribution >= 0.6 is 0 Å². The first kappa shape index (κ1) is 21.8. The lowest BCUT2D eigenvalue weighted by Crippen LogP contribution is -2.62. The van der Waals surface area contributed by atoms with Crippen LogP contribution in [0.3, 0.4) is 0 Å². The molecule has 0 radical (unpaired) electrons. The molecule has 2 fully saturated rings. The molecule has 31 heavy (non-hydrogen) atoms. The predicted octanol–water partition coefficient (Wildman–Crippen LogP) is 2.00. The van der Waals surface area contributed by atoms with Crippen LogP contribution in [-0.4, -0.2) is 71.7 Å². The molecule has 0 aromatic heterocycles. The number of aryl methyl sites for hydroxylation is 1. The van der Waals surface area contributed by atoms with E-state index in [2.05, 4.69) is 58.0 Å². The van der Waals surface area contributed by atoms with Gasteiger partial charge in [0.25, 0.3) is 0 Å². The number of hydrogen-bond donors (Lipinski definition) is 2. The van der Waals surface area contributed by atoms with Crippen molar-refractivity contribution in [1.82, 2.24) is 9.80 Å². The molecule has 3 N–H and O–H groups in total. The van der Waals surface area contributed by atoms with E-state index in [1.165, 1.54) is 16.8 Å². The van der Waals surface area contributed by atoms with E-state index >= 15 is 0 Å². The van der Waals surface area contributed by atoms with Gasteiger partial charge in [-0.2, -0.15) is 0 Å². The fraction of sp³-hybridized carbons (Fsp3) is 0.480. The summed E-state index contributed by atoms with van der Waals surface area (Å²) < 4.78 is 0. The molecule has 0 aliphatic carbocycles. The summed E-state index contributed by atoms with van der Waals surface area (Å²) in [5.74, 6) is -0.307. The molecule has 6 nitrogen and oxygen atoms in total. The first-order valence-corrected chi connectivity index (χ1v) is 11.3. The van der Waals surface area contributed by atoms with Gasteiger partial charge in [-0.3, -0.25) is 14.6 Å². The Morgan fingerprint density at radius 2 is 1.71 bits per heavy atom. The third-order valence-corrected chi connectivity index (χ3v) is 6.80. The fourth-order valence-electron chi connectivity index (χ4n) is 4.94. The maximum absolute atomic E-state index is 12.2. The van der Waals surface area contributed by atoms with Crippen molar-refractivity contribution in [2.75, 3.05) is 44.2 Å². The van der Waals surface area contributed by atoms with Crippen molar-refractivity contribution in [3.05, 3.63) is 65.7 Å². The number of amides is 1. The molecule has 1 atom stereocenters. The minimum Gasteiger partial charge on any atom is -0.388 e. The van der Waals surface area contributed by atoms with Crippen LogP contribution in [-0.2, 0) is 11.3 Å². The smallest absolute Gasteiger partial charge is 0.236 e. The molecule has 0 unspecified atom stereocenters. The zero-order chi connectivity index (χ0) is 21.8. The molecule has 2 aromatic carbocycles. The molecule has 4 rings (SSSR count). The lowest BCUT2D eigenvalue weighted by atomic mass is 9.89. The van der Waals surface area contributed by atoms with Crippen molar-refractivity contribution >= 4 is 11.6 Å². The molecule has 2 saturated heterocycles. The molecular formula is C25H34N4O2. The number of primary amides is 1. The fourth-order valence-corrected chi connectivity index (χ4v) is 4.94. The zero-order valence-electron chi connectivity index (χ0n) is 18.4. The minimum atomic E-state index is -0.783. The molecule has 2 aliphatic rings. The van der Waals surface area contributed by atoms with E-state index in [-0.39, 0.29) is 11.9 Å². The van der Waals surface area contributed by atoms with E-state index in [1.54, 1.807) is 0 Å². The molecule has 1 amide bonds. The van der Waals surface area contributed by atoms with Gasteiger partial charge >= 0.3 is 0 Å². The molecule has 0 saturated carbocycles. The Morgan fingerprint density at radius 1 is 1.03 bits per heavy atom. The summed E-state index contributed by atoms with van der Waals surface area (Å²) in [7, 11) is 0. The van der Waals surface area contributed by atoms with Crippen molar-refractivity contribution in [2.45, 2.75) is 38.0 Å². The molecule has 2 heterocycles. The Hall–Kier alpha value is -2.41. The van der Waals surface area contributed by atoms with Crippen molar-refractivity contribution in [2.24, 2.45) is 5.73 Å². The van der Waals surface area contributed by atoms with Gasteiger partial charge in [0.15, 0.2) is 0 Å². The number of hydrogen-bond acceptors (Lipinski definition) is 5. The normalized spacial score (nSPS) is 22.4. The second kappa shape index (κ2) is 9.39. The topological polar surface area (TPSA) is 73.0 Å². The number of carbonyl (C=O) groups excluding carboxylic acids is 1. The Balaban J connectivity index is 1.36. The highest BCUT2D eigenvalue weighted by molar-refractivity contribution is 5.80. The standard InChI is InChI=1S/C25H34N4O2/c1-20-7-5-6-10-22(20)28-13-11-25(31,12-14-28)19-29-16-15-27(18-23(29)24(26)30)17-21-8-3-2-4-9-21/h2-10,23,31H,11-19H2,1H3,(H2,26,30)/t23-/m0/s1. The Morgan fingerprint density at radius 3 is 2.39 bits per heavy atom. The summed E-state index contributed by atoms with van der Waals surface area (Å²) in [4.78, 5) is 19.0. The number of carbonyl (C=O) groups is 1. The van der Waals surface area contributed by atoms with E-state index in [0.29, 0.717) is 25.9 Å². The van der Waals surface area contributed by atoms with Crippen LogP contribution in [0, 0.1) is 6.92 Å². The number of rotatable bonds is 6. The van der Waals surface area contributed by atoms with E-state index in [1.807, 2.05) is 18.2 Å². The summed E-state index contributed by atoms with van der Waals surface area (Å²) in [5, 5.41) is 11.3. The second-order valence-corrected chi connectivity index (χ2v) is 9.11. The lowest BCUT2D eigenvalue weighted by molar-refractivity contribution is -0.128. The number of β-amino-alcohol motifs (C(OH)–C–C–N with tert-alkyl or cyclic N) is 1. The summed E-state index contributed by atoms with van der Waals surface area (Å²) in [6.45, 7) is 7.29. The Labute approximate surface area is 185 Å². The van der Waals surface area contributed by atoms with Crippen molar-refractivity contribution < 1.29 is 9.90 Å². The van der Waals surface area contributed by atoms with Crippen LogP contribution in [0.4, 0.5) is 5.69 Å². The van der Waals surface area contributed by atoms with Crippen LogP contribution in [0.5, 0.6) is 0 Å². The largest absolute Gasteiger partial charge is 0.388 e. The highest BCUT2D eigenvalue weighted by Crippen LogP contribution is 2.30. The van der Waals surface area contributed by atoms with Gasteiger partial charge in [-0.05, 0) is 37.0 Å². The van der Waals surface area contributed by atoms with Crippen LogP contribution in [0.25, 0.3) is 0 Å². The predicted molar refractivity (Wildman–Crippen MR) is 124 cm³/mol. The van der Waals surface area contributed by atoms with Crippen molar-refractivity contribution in [3.8, 4) is 0 Å². The van der Waals surface area contributed by atoms with Gasteiger partial charge in [0.2, 0.25) is 5.91 Å². The summed E-state index contributed by atoms with van der Waals surface area (Å²) in [5.41, 5.74) is 8.74. The quantitative estimate of drug-likeness (QED) is 0.745. The van der Waals surface area contributed by atoms with Gasteiger partial charge in [0.05, 0.1) is 5.60 Å². The maximum Gasteiger partial charge on any atom is 0.236 e. The van der Waals surface area contributed by atoms with Gasteiger partial charge in [0.1, 0.15) is 6.04 Å². The number of nitrogens with zero attached hydrogens (tertiary/aromatic N) is 3. The van der Waals surface area contributed by atoms with Gasteiger partial charge < -0.3 is 15.7 Å². The SMILES string of the molecule is Cc1ccccc1N1CCC(O)(CN2CCN(Cc3ccccc3)C[C@H]2C(N)=O)CC1. The lowest BCUT2D eigenvalue weighted by Gasteiger charge is -2.46. The highest BCUT2D eigenvalue weighted by Gasteiger charge is 2.39. The summed E-state index contributed by atoms with van der Waals surface area (Å²) in [6.07, 6.45) is 1.38. The van der Waals surface area contributed by atoms with E-state index < -0.39 is 5.60 Å². The molecule has 2 aromatic rings. The second-order valence-electron chi connectivity index (χ2n) is 9.11. The number of piperazine rings is 1. The Kier molecular flexibility index (Phi) is 6.60. The van der Waals surface area contributed by atoms with Crippen LogP contribution in [0.15, 0.2) is 54.6 Å². The van der Waals surface area contributed by atoms with Crippen molar-refractivity contribution in [3.63, 3.8) is 0 Å². The van der Waals surface area contributed by atoms with E-state index in [9.17, 15) is 9.90 Å².